The number of aromatic hydroxyl groups is 1. The zero-order valence-corrected chi connectivity index (χ0v) is 13.1. The van der Waals surface area contributed by atoms with Crippen LogP contribution in [0.5, 0.6) is 5.75 Å². The minimum Gasteiger partial charge on any atom is -0.508 e. The normalized spacial score (nSPS) is 21.3. The van der Waals surface area contributed by atoms with Gasteiger partial charge in [0.05, 0.1) is 0 Å². The van der Waals surface area contributed by atoms with Crippen molar-refractivity contribution in [2.45, 2.75) is 58.2 Å². The molecule has 0 atom stereocenters. The first-order valence-corrected chi connectivity index (χ1v) is 7.28. The number of hydrogen-bond donors (Lipinski definition) is 3. The second-order valence-corrected chi connectivity index (χ2v) is 6.66. The molecule has 0 saturated heterocycles. The van der Waals surface area contributed by atoms with E-state index in [-0.39, 0.29) is 12.1 Å². The molecule has 21 heavy (non-hydrogen) atoms. The number of phenols is 1. The maximum absolute atomic E-state index is 11.6. The molecule has 0 radical (unpaired) electrons. The predicted molar refractivity (Wildman–Crippen MR) is 82.6 cm³/mol. The molecule has 1 saturated carbocycles. The molecule has 0 heterocycles. The first kappa shape index (κ1) is 15.5. The fourth-order valence-corrected chi connectivity index (χ4v) is 2.31. The third kappa shape index (κ3) is 4.55. The van der Waals surface area contributed by atoms with E-state index in [0.29, 0.717) is 11.8 Å². The molecule has 3 N–H and O–H groups in total. The van der Waals surface area contributed by atoms with Gasteiger partial charge < -0.3 is 20.5 Å². The van der Waals surface area contributed by atoms with Crippen LogP contribution in [0.3, 0.4) is 0 Å². The van der Waals surface area contributed by atoms with E-state index in [4.69, 9.17) is 4.74 Å². The monoisotopic (exact) mass is 292 g/mol. The molecule has 2 rings (SSSR count). The number of aryl methyl sites for hydroxylation is 1. The highest BCUT2D eigenvalue weighted by Gasteiger charge is 2.31. The highest BCUT2D eigenvalue weighted by Crippen LogP contribution is 2.27. The average Bonchev–Trinajstić information content (AvgIpc) is 2.28. The molecular formula is C16H24N2O3. The van der Waals surface area contributed by atoms with E-state index in [9.17, 15) is 9.90 Å². The van der Waals surface area contributed by atoms with Crippen LogP contribution in [0.4, 0.5) is 10.5 Å². The summed E-state index contributed by atoms with van der Waals surface area (Å²) in [5.41, 5.74) is 1.38. The third-order valence-corrected chi connectivity index (χ3v) is 3.43. The number of rotatable bonds is 3. The van der Waals surface area contributed by atoms with Gasteiger partial charge in [-0.1, -0.05) is 0 Å². The summed E-state index contributed by atoms with van der Waals surface area (Å²) >= 11 is 0. The molecule has 1 aliphatic rings. The molecule has 1 aliphatic carbocycles. The van der Waals surface area contributed by atoms with Gasteiger partial charge in [-0.3, -0.25) is 0 Å². The van der Waals surface area contributed by atoms with Crippen LogP contribution < -0.4 is 10.6 Å². The van der Waals surface area contributed by atoms with Crippen molar-refractivity contribution in [3.8, 4) is 5.75 Å². The van der Waals surface area contributed by atoms with E-state index in [1.54, 1.807) is 6.07 Å². The summed E-state index contributed by atoms with van der Waals surface area (Å²) in [6, 6.07) is 5.97. The van der Waals surface area contributed by atoms with Crippen LogP contribution in [0, 0.1) is 6.92 Å². The van der Waals surface area contributed by atoms with Gasteiger partial charge in [0.25, 0.3) is 0 Å². The van der Waals surface area contributed by atoms with Gasteiger partial charge in [0, 0.05) is 17.8 Å². The van der Waals surface area contributed by atoms with Crippen molar-refractivity contribution in [1.82, 2.24) is 5.32 Å². The zero-order chi connectivity index (χ0) is 15.6. The van der Waals surface area contributed by atoms with Crippen molar-refractivity contribution in [3.63, 3.8) is 0 Å². The quantitative estimate of drug-likeness (QED) is 0.748. The van der Waals surface area contributed by atoms with Gasteiger partial charge in [0.2, 0.25) is 0 Å². The lowest BCUT2D eigenvalue weighted by atomic mass is 9.86. The van der Waals surface area contributed by atoms with Gasteiger partial charge in [0.15, 0.2) is 0 Å². The lowest BCUT2D eigenvalue weighted by molar-refractivity contribution is 0.0475. The highest BCUT2D eigenvalue weighted by molar-refractivity contribution is 5.68. The Hall–Kier alpha value is -1.91. The van der Waals surface area contributed by atoms with Crippen molar-refractivity contribution in [2.75, 3.05) is 5.32 Å². The Balaban J connectivity index is 1.74. The molecule has 116 valence electrons. The molecule has 0 aliphatic heterocycles. The number of alkyl carbamates (subject to hydrolysis) is 1. The zero-order valence-electron chi connectivity index (χ0n) is 13.1. The molecule has 1 amide bonds. The number of carbonyl (C=O) groups is 1. The first-order chi connectivity index (χ1) is 9.73. The van der Waals surface area contributed by atoms with E-state index in [1.165, 1.54) is 0 Å². The van der Waals surface area contributed by atoms with Crippen molar-refractivity contribution in [2.24, 2.45) is 0 Å². The van der Waals surface area contributed by atoms with Crippen molar-refractivity contribution in [1.29, 1.82) is 0 Å². The third-order valence-electron chi connectivity index (χ3n) is 3.43. The van der Waals surface area contributed by atoms with Crippen LogP contribution in [0.2, 0.25) is 0 Å². The van der Waals surface area contributed by atoms with Crippen LogP contribution >= 0.6 is 0 Å². The fraction of sp³-hybridized carbons (Fsp3) is 0.562. The Morgan fingerprint density at radius 2 is 1.95 bits per heavy atom. The smallest absolute Gasteiger partial charge is 0.407 e. The molecule has 5 nitrogen and oxygen atoms in total. The molecule has 0 unspecified atom stereocenters. The molecule has 0 bridgehead atoms. The van der Waals surface area contributed by atoms with Crippen LogP contribution in [0.1, 0.15) is 39.2 Å². The van der Waals surface area contributed by atoms with Crippen molar-refractivity contribution < 1.29 is 14.6 Å². The highest BCUT2D eigenvalue weighted by atomic mass is 16.6. The van der Waals surface area contributed by atoms with E-state index in [1.807, 2.05) is 39.8 Å². The number of anilines is 1. The lowest BCUT2D eigenvalue weighted by Crippen LogP contribution is -2.50. The molecule has 0 aromatic heterocycles. The van der Waals surface area contributed by atoms with Crippen LogP contribution in [0.25, 0.3) is 0 Å². The molecule has 1 aromatic carbocycles. The van der Waals surface area contributed by atoms with Crippen LogP contribution in [0.15, 0.2) is 18.2 Å². The Bertz CT molecular complexity index is 517. The number of benzene rings is 1. The Morgan fingerprint density at radius 1 is 1.29 bits per heavy atom. The van der Waals surface area contributed by atoms with Gasteiger partial charge in [0.1, 0.15) is 11.4 Å². The Kier molecular flexibility index (Phi) is 4.30. The second-order valence-electron chi connectivity index (χ2n) is 6.66. The summed E-state index contributed by atoms with van der Waals surface area (Å²) < 4.78 is 5.23. The lowest BCUT2D eigenvalue weighted by Gasteiger charge is -2.37. The Labute approximate surface area is 125 Å². The van der Waals surface area contributed by atoms with E-state index >= 15 is 0 Å². The maximum atomic E-state index is 11.6. The fourth-order valence-electron chi connectivity index (χ4n) is 2.31. The summed E-state index contributed by atoms with van der Waals surface area (Å²) in [5, 5.41) is 15.8. The summed E-state index contributed by atoms with van der Waals surface area (Å²) in [7, 11) is 0. The van der Waals surface area contributed by atoms with Crippen LogP contribution in [-0.2, 0) is 4.74 Å². The average molecular weight is 292 g/mol. The summed E-state index contributed by atoms with van der Waals surface area (Å²) in [6.07, 6.45) is 1.39. The van der Waals surface area contributed by atoms with Gasteiger partial charge >= 0.3 is 6.09 Å². The Morgan fingerprint density at radius 3 is 2.52 bits per heavy atom. The van der Waals surface area contributed by atoms with Crippen molar-refractivity contribution >= 4 is 11.8 Å². The number of carbonyl (C=O) groups excluding carboxylic acids is 1. The number of phenolic OH excluding ortho intramolecular Hbond substituents is 1. The summed E-state index contributed by atoms with van der Waals surface area (Å²) in [5.74, 6) is 0.304. The van der Waals surface area contributed by atoms with Gasteiger partial charge in [-0.15, -0.1) is 0 Å². The summed E-state index contributed by atoms with van der Waals surface area (Å²) in [4.78, 5) is 11.6. The molecule has 5 heteroatoms. The van der Waals surface area contributed by atoms with E-state index in [2.05, 4.69) is 10.6 Å². The standard InChI is InChI=1S/C16H24N2O3/c1-10-7-11(5-6-14(10)19)17-12-8-13(9-12)18-15(20)21-16(2,3)4/h5-7,12-13,17,19H,8-9H2,1-4H3,(H,18,20). The van der Waals surface area contributed by atoms with Crippen LogP contribution in [-0.4, -0.2) is 28.9 Å². The van der Waals surface area contributed by atoms with E-state index < -0.39 is 5.60 Å². The SMILES string of the molecule is Cc1cc(NC2CC(NC(=O)OC(C)(C)C)C2)ccc1O. The molecule has 0 spiro atoms. The molecular weight excluding hydrogens is 268 g/mol. The minimum atomic E-state index is -0.463. The van der Waals surface area contributed by atoms with E-state index in [0.717, 1.165) is 24.1 Å². The first-order valence-electron chi connectivity index (χ1n) is 7.28. The van der Waals surface area contributed by atoms with Gasteiger partial charge in [-0.2, -0.15) is 0 Å². The maximum Gasteiger partial charge on any atom is 0.407 e. The van der Waals surface area contributed by atoms with Gasteiger partial charge in [-0.25, -0.2) is 4.79 Å². The molecule has 1 fully saturated rings. The number of hydrogen-bond acceptors (Lipinski definition) is 4. The summed E-state index contributed by atoms with van der Waals surface area (Å²) in [6.45, 7) is 7.43. The predicted octanol–water partition coefficient (Wildman–Crippen LogP) is 3.17. The number of ether oxygens (including phenoxy) is 1. The van der Waals surface area contributed by atoms with Gasteiger partial charge in [-0.05, 0) is 64.3 Å². The second kappa shape index (κ2) is 5.84. The largest absolute Gasteiger partial charge is 0.508 e. The number of nitrogens with one attached hydrogen (secondary N) is 2. The number of amides is 1. The topological polar surface area (TPSA) is 70.6 Å². The van der Waals surface area contributed by atoms with Crippen molar-refractivity contribution in [3.05, 3.63) is 23.8 Å². The molecule has 1 aromatic rings. The minimum absolute atomic E-state index is 0.163.